The number of carbonyl (C=O) groups is 3. The second-order valence-electron chi connectivity index (χ2n) is 8.88. The molecule has 0 N–H and O–H groups in total. The van der Waals surface area contributed by atoms with E-state index < -0.39 is 0 Å². The molecule has 9 nitrogen and oxygen atoms in total. The monoisotopic (exact) mass is 471 g/mol. The molecule has 2 heterocycles. The first kappa shape index (κ1) is 24.1. The van der Waals surface area contributed by atoms with E-state index >= 15 is 0 Å². The minimum atomic E-state index is -0.246. The number of nitrogens with zero attached hydrogens (tertiary/aromatic N) is 3. The summed E-state index contributed by atoms with van der Waals surface area (Å²) in [6.45, 7) is 3.49. The number of hydrogen-bond donors (Lipinski definition) is 0. The Hall–Kier alpha value is -3.07. The third kappa shape index (κ3) is 4.61. The van der Waals surface area contributed by atoms with Gasteiger partial charge in [-0.15, -0.1) is 0 Å². The smallest absolute Gasteiger partial charge is 0.233 e. The Morgan fingerprint density at radius 3 is 2.06 bits per heavy atom. The third-order valence-electron chi connectivity index (χ3n) is 7.05. The molecule has 1 aromatic rings. The van der Waals surface area contributed by atoms with Gasteiger partial charge in [-0.25, -0.2) is 0 Å². The standard InChI is InChI=1S/C25H33N3O6/c1-32-20-9-8-17(22(33-2)23(20)34-3)16-26-12-14-27(15-13-26)21(29)10-11-28-24(30)18-6-4-5-7-19(18)25(28)31/h4-5,8-9,18-19H,6-7,10-16H2,1-3H3. The fourth-order valence-corrected chi connectivity index (χ4v) is 5.14. The Bertz CT molecular complexity index is 944. The van der Waals surface area contributed by atoms with Crippen molar-refractivity contribution in [2.45, 2.75) is 25.8 Å². The van der Waals surface area contributed by atoms with Crippen LogP contribution in [0.25, 0.3) is 0 Å². The van der Waals surface area contributed by atoms with Crippen LogP contribution in [-0.2, 0) is 20.9 Å². The first-order valence-corrected chi connectivity index (χ1v) is 11.8. The van der Waals surface area contributed by atoms with Gasteiger partial charge < -0.3 is 19.1 Å². The zero-order valence-corrected chi connectivity index (χ0v) is 20.1. The molecule has 3 amide bonds. The Labute approximate surface area is 200 Å². The van der Waals surface area contributed by atoms with Crippen molar-refractivity contribution >= 4 is 17.7 Å². The van der Waals surface area contributed by atoms with Gasteiger partial charge in [-0.2, -0.15) is 0 Å². The number of amides is 3. The maximum absolute atomic E-state index is 12.8. The molecule has 2 atom stereocenters. The van der Waals surface area contributed by atoms with Gasteiger partial charge >= 0.3 is 0 Å². The van der Waals surface area contributed by atoms with Gasteiger partial charge in [0.1, 0.15) is 0 Å². The van der Waals surface area contributed by atoms with E-state index in [0.717, 1.165) is 18.7 Å². The Balaban J connectivity index is 1.28. The number of rotatable bonds is 8. The molecule has 0 aromatic heterocycles. The molecule has 4 rings (SSSR count). The third-order valence-corrected chi connectivity index (χ3v) is 7.05. The van der Waals surface area contributed by atoms with Crippen LogP contribution in [0.2, 0.25) is 0 Å². The van der Waals surface area contributed by atoms with Gasteiger partial charge in [-0.1, -0.05) is 18.2 Å². The highest BCUT2D eigenvalue weighted by atomic mass is 16.5. The Morgan fingerprint density at radius 2 is 1.50 bits per heavy atom. The highest BCUT2D eigenvalue weighted by Crippen LogP contribution is 2.40. The number of likely N-dealkylation sites (tertiary alicyclic amines) is 1. The fraction of sp³-hybridized carbons (Fsp3) is 0.560. The normalized spacial score (nSPS) is 22.7. The van der Waals surface area contributed by atoms with Crippen molar-refractivity contribution in [1.29, 1.82) is 0 Å². The molecule has 2 unspecified atom stereocenters. The topological polar surface area (TPSA) is 88.6 Å². The maximum Gasteiger partial charge on any atom is 0.233 e. The van der Waals surface area contributed by atoms with E-state index in [4.69, 9.17) is 14.2 Å². The Kier molecular flexibility index (Phi) is 7.41. The van der Waals surface area contributed by atoms with Crippen molar-refractivity contribution in [3.05, 3.63) is 29.8 Å². The number of allylic oxidation sites excluding steroid dienone is 2. The summed E-state index contributed by atoms with van der Waals surface area (Å²) in [4.78, 5) is 43.4. The molecule has 1 aromatic carbocycles. The first-order valence-electron chi connectivity index (χ1n) is 11.8. The number of fused-ring (bicyclic) bond motifs is 1. The molecule has 1 aliphatic carbocycles. The van der Waals surface area contributed by atoms with E-state index in [1.165, 1.54) is 4.90 Å². The summed E-state index contributed by atoms with van der Waals surface area (Å²) in [5, 5.41) is 0. The number of imide groups is 1. The fourth-order valence-electron chi connectivity index (χ4n) is 5.14. The van der Waals surface area contributed by atoms with Crippen LogP contribution in [-0.4, -0.2) is 86.5 Å². The van der Waals surface area contributed by atoms with Crippen LogP contribution in [0.5, 0.6) is 17.2 Å². The predicted molar refractivity (Wildman–Crippen MR) is 125 cm³/mol. The second-order valence-corrected chi connectivity index (χ2v) is 8.88. The second kappa shape index (κ2) is 10.5. The predicted octanol–water partition coefficient (Wildman–Crippen LogP) is 1.70. The van der Waals surface area contributed by atoms with E-state index in [0.29, 0.717) is 49.7 Å². The van der Waals surface area contributed by atoms with Crippen molar-refractivity contribution in [1.82, 2.24) is 14.7 Å². The number of methoxy groups -OCH3 is 3. The molecule has 184 valence electrons. The number of piperazine rings is 1. The zero-order valence-electron chi connectivity index (χ0n) is 20.1. The van der Waals surface area contributed by atoms with Crippen LogP contribution in [0.3, 0.4) is 0 Å². The summed E-state index contributed by atoms with van der Waals surface area (Å²) >= 11 is 0. The zero-order chi connectivity index (χ0) is 24.2. The van der Waals surface area contributed by atoms with Gasteiger partial charge in [0.05, 0.1) is 33.2 Å². The van der Waals surface area contributed by atoms with Crippen LogP contribution in [0.15, 0.2) is 24.3 Å². The van der Waals surface area contributed by atoms with Crippen LogP contribution in [0, 0.1) is 11.8 Å². The van der Waals surface area contributed by atoms with Crippen LogP contribution in [0.1, 0.15) is 24.8 Å². The van der Waals surface area contributed by atoms with Crippen molar-refractivity contribution < 1.29 is 28.6 Å². The molecule has 0 radical (unpaired) electrons. The minimum Gasteiger partial charge on any atom is -0.493 e. The number of hydrogen-bond acceptors (Lipinski definition) is 7. The van der Waals surface area contributed by atoms with Crippen molar-refractivity contribution in [2.24, 2.45) is 11.8 Å². The summed E-state index contributed by atoms with van der Waals surface area (Å²) in [6.07, 6.45) is 5.35. The molecule has 2 aliphatic heterocycles. The van der Waals surface area contributed by atoms with Gasteiger partial charge in [0, 0.05) is 51.3 Å². The van der Waals surface area contributed by atoms with Crippen LogP contribution < -0.4 is 14.2 Å². The molecule has 34 heavy (non-hydrogen) atoms. The lowest BCUT2D eigenvalue weighted by Gasteiger charge is -2.35. The van der Waals surface area contributed by atoms with Crippen molar-refractivity contribution in [2.75, 3.05) is 54.1 Å². The molecule has 0 saturated carbocycles. The van der Waals surface area contributed by atoms with Gasteiger partial charge in [-0.05, 0) is 18.9 Å². The average molecular weight is 472 g/mol. The summed E-state index contributed by atoms with van der Waals surface area (Å²) in [5.41, 5.74) is 0.988. The summed E-state index contributed by atoms with van der Waals surface area (Å²) in [6, 6.07) is 3.83. The lowest BCUT2D eigenvalue weighted by Crippen LogP contribution is -2.49. The number of carbonyl (C=O) groups excluding carboxylic acids is 3. The molecule has 3 aliphatic rings. The van der Waals surface area contributed by atoms with Crippen molar-refractivity contribution in [3.8, 4) is 17.2 Å². The average Bonchev–Trinajstić information content (AvgIpc) is 3.12. The quantitative estimate of drug-likeness (QED) is 0.421. The SMILES string of the molecule is COc1ccc(CN2CCN(C(=O)CCN3C(=O)C4CC=CCC4C3=O)CC2)c(OC)c1OC. The van der Waals surface area contributed by atoms with E-state index in [2.05, 4.69) is 4.90 Å². The molecule has 2 saturated heterocycles. The summed E-state index contributed by atoms with van der Waals surface area (Å²) in [5.74, 6) is 1.08. The van der Waals surface area contributed by atoms with Crippen molar-refractivity contribution in [3.63, 3.8) is 0 Å². The van der Waals surface area contributed by atoms with Gasteiger partial charge in [0.25, 0.3) is 0 Å². The van der Waals surface area contributed by atoms with E-state index in [1.807, 2.05) is 29.2 Å². The van der Waals surface area contributed by atoms with Gasteiger partial charge in [0.15, 0.2) is 11.5 Å². The highest BCUT2D eigenvalue weighted by Gasteiger charge is 2.47. The van der Waals surface area contributed by atoms with E-state index in [-0.39, 0.29) is 42.5 Å². The maximum atomic E-state index is 12.8. The molecular formula is C25H33N3O6. The van der Waals surface area contributed by atoms with Gasteiger partial charge in [0.2, 0.25) is 23.5 Å². The largest absolute Gasteiger partial charge is 0.493 e. The van der Waals surface area contributed by atoms with Crippen LogP contribution in [0.4, 0.5) is 0 Å². The highest BCUT2D eigenvalue weighted by molar-refractivity contribution is 6.05. The summed E-state index contributed by atoms with van der Waals surface area (Å²) in [7, 11) is 4.79. The molecule has 2 fully saturated rings. The lowest BCUT2D eigenvalue weighted by atomic mass is 9.85. The molecular weight excluding hydrogens is 438 g/mol. The number of benzene rings is 1. The first-order chi connectivity index (χ1) is 16.5. The van der Waals surface area contributed by atoms with E-state index in [9.17, 15) is 14.4 Å². The van der Waals surface area contributed by atoms with E-state index in [1.54, 1.807) is 21.3 Å². The minimum absolute atomic E-state index is 0.0167. The van der Waals surface area contributed by atoms with Gasteiger partial charge in [-0.3, -0.25) is 24.2 Å². The van der Waals surface area contributed by atoms with Crippen LogP contribution >= 0.6 is 0 Å². The number of ether oxygens (including phenoxy) is 3. The Morgan fingerprint density at radius 1 is 0.882 bits per heavy atom. The lowest BCUT2D eigenvalue weighted by molar-refractivity contribution is -0.141. The summed E-state index contributed by atoms with van der Waals surface area (Å²) < 4.78 is 16.4. The molecule has 0 bridgehead atoms. The molecule has 9 heteroatoms. The molecule has 0 spiro atoms.